The van der Waals surface area contributed by atoms with Crippen LogP contribution >= 0.6 is 0 Å². The van der Waals surface area contributed by atoms with Crippen LogP contribution in [0.5, 0.6) is 0 Å². The summed E-state index contributed by atoms with van der Waals surface area (Å²) in [7, 11) is 4.70. The van der Waals surface area contributed by atoms with Gasteiger partial charge in [-0.15, -0.1) is 6.58 Å². The number of aliphatic hydroxyl groups excluding tert-OH is 1. The first-order valence-corrected chi connectivity index (χ1v) is 12.7. The van der Waals surface area contributed by atoms with Crippen LogP contribution in [-0.4, -0.2) is 81.8 Å². The summed E-state index contributed by atoms with van der Waals surface area (Å²) in [5, 5.41) is 9.35. The lowest BCUT2D eigenvalue weighted by Gasteiger charge is -2.40. The zero-order chi connectivity index (χ0) is 28.8. The fourth-order valence-electron chi connectivity index (χ4n) is 3.91. The van der Waals surface area contributed by atoms with Crippen LogP contribution in [0.1, 0.15) is 47.4 Å². The number of carbonyl (C=O) groups is 2. The molecule has 39 heavy (non-hydrogen) atoms. The van der Waals surface area contributed by atoms with Gasteiger partial charge in [-0.2, -0.15) is 0 Å². The molecule has 0 aliphatic carbocycles. The Morgan fingerprint density at radius 1 is 0.974 bits per heavy atom. The molecule has 3 unspecified atom stereocenters. The molecule has 1 aliphatic rings. The molecule has 0 aromatic heterocycles. The predicted molar refractivity (Wildman–Crippen MR) is 145 cm³/mol. The number of carbonyl (C=O) groups excluding carboxylic acids is 2. The zero-order valence-corrected chi connectivity index (χ0v) is 23.3. The molecule has 1 aliphatic heterocycles. The maximum Gasteiger partial charge on any atom is 0.338 e. The van der Waals surface area contributed by atoms with Crippen molar-refractivity contribution in [3.8, 4) is 0 Å². The second-order valence-electron chi connectivity index (χ2n) is 9.36. The number of esters is 2. The standard InChI is InChI=1S/C15H20O5.C15H20O4/c1-15(18-3)9-12(17-2)13(10-19-15)20-14(16)11-7-5-4-6-8-11;1-11(2)9-13(18-3)14(10-16)19-15(17)12-7-5-4-6-8-12/h4-8,12-13H,9-10H2,1-3H3;4-8,13-14,16H,1,9-10H2,2-3H3/t;13-,14+/m.0/s1. The summed E-state index contributed by atoms with van der Waals surface area (Å²) in [6.07, 6.45) is -0.738. The third-order valence-electron chi connectivity index (χ3n) is 6.26. The Morgan fingerprint density at radius 2 is 1.54 bits per heavy atom. The average Bonchev–Trinajstić information content (AvgIpc) is 2.96. The van der Waals surface area contributed by atoms with Gasteiger partial charge in [0.2, 0.25) is 0 Å². The molecule has 0 radical (unpaired) electrons. The van der Waals surface area contributed by atoms with E-state index in [2.05, 4.69) is 6.58 Å². The van der Waals surface area contributed by atoms with Gasteiger partial charge < -0.3 is 33.5 Å². The van der Waals surface area contributed by atoms with Crippen molar-refractivity contribution in [1.29, 1.82) is 0 Å². The van der Waals surface area contributed by atoms with Gasteiger partial charge in [0, 0.05) is 27.8 Å². The zero-order valence-electron chi connectivity index (χ0n) is 23.3. The van der Waals surface area contributed by atoms with E-state index >= 15 is 0 Å². The number of hydrogen-bond donors (Lipinski definition) is 1. The Labute approximate surface area is 230 Å². The summed E-state index contributed by atoms with van der Waals surface area (Å²) in [6, 6.07) is 17.5. The Bertz CT molecular complexity index is 1030. The topological polar surface area (TPSA) is 110 Å². The Morgan fingerprint density at radius 3 is 2.00 bits per heavy atom. The molecule has 0 saturated carbocycles. The van der Waals surface area contributed by atoms with E-state index in [0.29, 0.717) is 24.0 Å². The van der Waals surface area contributed by atoms with Crippen molar-refractivity contribution >= 4 is 11.9 Å². The first-order valence-electron chi connectivity index (χ1n) is 12.7. The van der Waals surface area contributed by atoms with Crippen LogP contribution in [0.15, 0.2) is 72.8 Å². The highest BCUT2D eigenvalue weighted by molar-refractivity contribution is 5.89. The lowest BCUT2D eigenvalue weighted by Crippen LogP contribution is -2.51. The molecule has 2 aromatic rings. The molecule has 0 amide bonds. The molecule has 1 N–H and O–H groups in total. The molecule has 1 fully saturated rings. The minimum atomic E-state index is -0.700. The largest absolute Gasteiger partial charge is 0.454 e. The fraction of sp³-hybridized carbons (Fsp3) is 0.467. The van der Waals surface area contributed by atoms with Crippen LogP contribution < -0.4 is 0 Å². The van der Waals surface area contributed by atoms with Crippen molar-refractivity contribution in [2.75, 3.05) is 34.5 Å². The van der Waals surface area contributed by atoms with Gasteiger partial charge in [-0.05, 0) is 44.5 Å². The summed E-state index contributed by atoms with van der Waals surface area (Å²) in [5.41, 5.74) is 1.87. The molecule has 9 heteroatoms. The average molecular weight is 545 g/mol. The number of ether oxygens (including phenoxy) is 6. The fourth-order valence-corrected chi connectivity index (χ4v) is 3.91. The van der Waals surface area contributed by atoms with E-state index in [-0.39, 0.29) is 25.3 Å². The molecule has 1 heterocycles. The molecule has 2 aromatic carbocycles. The second kappa shape index (κ2) is 16.1. The maximum absolute atomic E-state index is 12.0. The molecule has 9 nitrogen and oxygen atoms in total. The number of rotatable bonds is 11. The van der Waals surface area contributed by atoms with E-state index in [4.69, 9.17) is 28.4 Å². The minimum absolute atomic E-state index is 0.249. The number of hydrogen-bond acceptors (Lipinski definition) is 9. The Hall–Kier alpha value is -3.08. The van der Waals surface area contributed by atoms with Crippen molar-refractivity contribution in [2.45, 2.75) is 56.9 Å². The Balaban J connectivity index is 0.000000274. The minimum Gasteiger partial charge on any atom is -0.454 e. The van der Waals surface area contributed by atoms with Crippen molar-refractivity contribution in [2.24, 2.45) is 0 Å². The second-order valence-corrected chi connectivity index (χ2v) is 9.36. The maximum atomic E-state index is 12.0. The molecular formula is C30H40O9. The third-order valence-corrected chi connectivity index (χ3v) is 6.26. The van der Waals surface area contributed by atoms with E-state index < -0.39 is 30.1 Å². The summed E-state index contributed by atoms with van der Waals surface area (Å²) >= 11 is 0. The molecule has 5 atom stereocenters. The van der Waals surface area contributed by atoms with Crippen LogP contribution in [0.2, 0.25) is 0 Å². The van der Waals surface area contributed by atoms with Crippen LogP contribution in [-0.2, 0) is 28.4 Å². The number of benzene rings is 2. The monoisotopic (exact) mass is 544 g/mol. The van der Waals surface area contributed by atoms with Gasteiger partial charge in [0.15, 0.2) is 18.0 Å². The van der Waals surface area contributed by atoms with Gasteiger partial charge in [-0.1, -0.05) is 42.0 Å². The van der Waals surface area contributed by atoms with Gasteiger partial charge in [-0.3, -0.25) is 0 Å². The molecule has 0 spiro atoms. The molecule has 1 saturated heterocycles. The van der Waals surface area contributed by atoms with Crippen molar-refractivity contribution in [3.63, 3.8) is 0 Å². The van der Waals surface area contributed by atoms with Gasteiger partial charge in [0.05, 0.1) is 24.3 Å². The number of methoxy groups -OCH3 is 3. The summed E-state index contributed by atoms with van der Waals surface area (Å²) < 4.78 is 32.3. The smallest absolute Gasteiger partial charge is 0.338 e. The molecule has 0 bridgehead atoms. The van der Waals surface area contributed by atoms with E-state index in [1.807, 2.05) is 26.0 Å². The van der Waals surface area contributed by atoms with Crippen LogP contribution in [0.4, 0.5) is 0 Å². The quantitative estimate of drug-likeness (QED) is 0.329. The summed E-state index contributed by atoms with van der Waals surface area (Å²) in [4.78, 5) is 23.9. The normalized spacial score (nSPS) is 22.0. The lowest BCUT2D eigenvalue weighted by molar-refractivity contribution is -0.274. The van der Waals surface area contributed by atoms with E-state index in [0.717, 1.165) is 5.57 Å². The molecule has 3 rings (SSSR count). The van der Waals surface area contributed by atoms with Crippen molar-refractivity contribution in [3.05, 3.63) is 83.9 Å². The lowest BCUT2D eigenvalue weighted by atomic mass is 10.0. The first kappa shape index (κ1) is 32.1. The first-order chi connectivity index (χ1) is 18.7. The van der Waals surface area contributed by atoms with Gasteiger partial charge in [0.1, 0.15) is 12.2 Å². The van der Waals surface area contributed by atoms with Crippen LogP contribution in [0.25, 0.3) is 0 Å². The molecular weight excluding hydrogens is 504 g/mol. The highest BCUT2D eigenvalue weighted by atomic mass is 16.7. The van der Waals surface area contributed by atoms with Crippen molar-refractivity contribution in [1.82, 2.24) is 0 Å². The van der Waals surface area contributed by atoms with Gasteiger partial charge in [0.25, 0.3) is 0 Å². The van der Waals surface area contributed by atoms with E-state index in [1.165, 1.54) is 7.11 Å². The van der Waals surface area contributed by atoms with E-state index in [1.54, 1.807) is 62.8 Å². The summed E-state index contributed by atoms with van der Waals surface area (Å²) in [5.74, 6) is -1.54. The SMILES string of the molecule is C=C(C)C[C@H](OC)[C@@H](CO)OC(=O)c1ccccc1.COC1CC(C)(OC)OCC1OC(=O)c1ccccc1. The third kappa shape index (κ3) is 10.2. The number of aliphatic hydroxyl groups is 1. The van der Waals surface area contributed by atoms with Gasteiger partial charge >= 0.3 is 11.9 Å². The van der Waals surface area contributed by atoms with E-state index in [9.17, 15) is 14.7 Å². The molecule has 214 valence electrons. The van der Waals surface area contributed by atoms with Crippen molar-refractivity contribution < 1.29 is 43.1 Å². The van der Waals surface area contributed by atoms with Crippen LogP contribution in [0, 0.1) is 0 Å². The predicted octanol–water partition coefficient (Wildman–Crippen LogP) is 4.20. The summed E-state index contributed by atoms with van der Waals surface area (Å²) in [6.45, 7) is 7.46. The highest BCUT2D eigenvalue weighted by Crippen LogP contribution is 2.29. The Kier molecular flexibility index (Phi) is 13.3. The van der Waals surface area contributed by atoms with Gasteiger partial charge in [-0.25, -0.2) is 9.59 Å². The van der Waals surface area contributed by atoms with Crippen LogP contribution in [0.3, 0.4) is 0 Å². The highest BCUT2D eigenvalue weighted by Gasteiger charge is 2.41.